The SMILES string of the molecule is O=C(CSc1nc2ccccc2c(=O)n1Cc1cccnc1)N1CCOC2CCCCC21. The second-order valence-electron chi connectivity index (χ2n) is 8.30. The van der Waals surface area contributed by atoms with Crippen LogP contribution in [0.4, 0.5) is 0 Å². The van der Waals surface area contributed by atoms with Gasteiger partial charge in [0, 0.05) is 18.9 Å². The molecular formula is C24H26N4O3S. The Balaban J connectivity index is 1.41. The number of pyridine rings is 1. The van der Waals surface area contributed by atoms with Gasteiger partial charge in [-0.25, -0.2) is 4.98 Å². The highest BCUT2D eigenvalue weighted by Crippen LogP contribution is 2.29. The van der Waals surface area contributed by atoms with Crippen LogP contribution in [0.15, 0.2) is 58.7 Å². The number of benzene rings is 1. The fourth-order valence-corrected chi connectivity index (χ4v) is 5.57. The maximum Gasteiger partial charge on any atom is 0.262 e. The zero-order valence-electron chi connectivity index (χ0n) is 17.9. The van der Waals surface area contributed by atoms with Gasteiger partial charge >= 0.3 is 0 Å². The van der Waals surface area contributed by atoms with Crippen LogP contribution in [0.5, 0.6) is 0 Å². The number of fused-ring (bicyclic) bond motifs is 2. The lowest BCUT2D eigenvalue weighted by molar-refractivity contribution is -0.146. The van der Waals surface area contributed by atoms with E-state index >= 15 is 0 Å². The number of hydrogen-bond donors (Lipinski definition) is 0. The summed E-state index contributed by atoms with van der Waals surface area (Å²) >= 11 is 1.34. The third-order valence-corrected chi connectivity index (χ3v) is 7.23. The monoisotopic (exact) mass is 450 g/mol. The van der Waals surface area contributed by atoms with Crippen molar-refractivity contribution < 1.29 is 9.53 Å². The quantitative estimate of drug-likeness (QED) is 0.439. The molecule has 7 nitrogen and oxygen atoms in total. The van der Waals surface area contributed by atoms with Gasteiger partial charge < -0.3 is 9.64 Å². The third-order valence-electron chi connectivity index (χ3n) is 6.27. The number of nitrogens with zero attached hydrogens (tertiary/aromatic N) is 4. The fraction of sp³-hybridized carbons (Fsp3) is 0.417. The number of rotatable bonds is 5. The standard InChI is InChI=1S/C24H26N4O3S/c29-22(27-12-13-31-21-10-4-3-9-20(21)27)16-32-24-26-19-8-2-1-7-18(19)23(30)28(24)15-17-6-5-11-25-14-17/h1-2,5-8,11,14,20-21H,3-4,9-10,12-13,15-16H2. The lowest BCUT2D eigenvalue weighted by atomic mass is 9.90. The van der Waals surface area contributed by atoms with Crippen molar-refractivity contribution in [1.29, 1.82) is 0 Å². The topological polar surface area (TPSA) is 77.3 Å². The molecule has 0 radical (unpaired) electrons. The lowest BCUT2D eigenvalue weighted by Gasteiger charge is -2.43. The average molecular weight is 451 g/mol. The summed E-state index contributed by atoms with van der Waals surface area (Å²) in [7, 11) is 0. The van der Waals surface area contributed by atoms with Crippen molar-refractivity contribution in [3.63, 3.8) is 0 Å². The molecule has 2 unspecified atom stereocenters. The molecule has 0 N–H and O–H groups in total. The number of carbonyl (C=O) groups excluding carboxylic acids is 1. The van der Waals surface area contributed by atoms with Crippen LogP contribution in [0, 0.1) is 0 Å². The summed E-state index contributed by atoms with van der Waals surface area (Å²) in [4.78, 5) is 37.3. The highest BCUT2D eigenvalue weighted by Gasteiger charge is 2.36. The van der Waals surface area contributed by atoms with Crippen molar-refractivity contribution in [2.45, 2.75) is 49.5 Å². The summed E-state index contributed by atoms with van der Waals surface area (Å²) < 4.78 is 7.56. The van der Waals surface area contributed by atoms with E-state index in [4.69, 9.17) is 9.72 Å². The molecule has 3 aromatic rings. The van der Waals surface area contributed by atoms with Gasteiger partial charge in [0.25, 0.3) is 5.56 Å². The second kappa shape index (κ2) is 9.42. The molecule has 0 bridgehead atoms. The van der Waals surface area contributed by atoms with Crippen molar-refractivity contribution in [2.24, 2.45) is 0 Å². The van der Waals surface area contributed by atoms with E-state index in [1.54, 1.807) is 23.0 Å². The molecule has 1 saturated carbocycles. The van der Waals surface area contributed by atoms with Crippen LogP contribution in [0.1, 0.15) is 31.2 Å². The number of thioether (sulfide) groups is 1. The number of aromatic nitrogens is 3. The van der Waals surface area contributed by atoms with Crippen LogP contribution < -0.4 is 5.56 Å². The number of ether oxygens (including phenoxy) is 1. The molecule has 1 aromatic carbocycles. The largest absolute Gasteiger partial charge is 0.374 e. The summed E-state index contributed by atoms with van der Waals surface area (Å²) in [5.74, 6) is 0.339. The zero-order chi connectivity index (χ0) is 21.9. The number of morpholine rings is 1. The lowest BCUT2D eigenvalue weighted by Crippen LogP contribution is -2.55. The van der Waals surface area contributed by atoms with Gasteiger partial charge in [0.1, 0.15) is 0 Å². The molecule has 1 saturated heterocycles. The summed E-state index contributed by atoms with van der Waals surface area (Å²) in [6.45, 7) is 1.59. The van der Waals surface area contributed by atoms with E-state index in [0.717, 1.165) is 24.8 Å². The van der Waals surface area contributed by atoms with E-state index in [1.807, 2.05) is 35.2 Å². The van der Waals surface area contributed by atoms with Gasteiger partial charge in [-0.15, -0.1) is 0 Å². The van der Waals surface area contributed by atoms with Gasteiger partial charge in [-0.3, -0.25) is 19.1 Å². The molecule has 2 atom stereocenters. The molecule has 2 aromatic heterocycles. The van der Waals surface area contributed by atoms with E-state index in [9.17, 15) is 9.59 Å². The Labute approximate surface area is 190 Å². The van der Waals surface area contributed by atoms with E-state index < -0.39 is 0 Å². The van der Waals surface area contributed by atoms with Crippen LogP contribution in [0.3, 0.4) is 0 Å². The fourth-order valence-electron chi connectivity index (χ4n) is 4.69. The Kier molecular flexibility index (Phi) is 6.23. The molecule has 3 heterocycles. The minimum atomic E-state index is -0.104. The Morgan fingerprint density at radius 3 is 2.91 bits per heavy atom. The van der Waals surface area contributed by atoms with Gasteiger partial charge in [0.15, 0.2) is 5.16 Å². The van der Waals surface area contributed by atoms with Crippen LogP contribution >= 0.6 is 11.8 Å². The highest BCUT2D eigenvalue weighted by molar-refractivity contribution is 7.99. The van der Waals surface area contributed by atoms with Gasteiger partial charge in [0.2, 0.25) is 5.91 Å². The molecule has 1 aliphatic heterocycles. The Hall–Kier alpha value is -2.71. The molecule has 166 valence electrons. The van der Waals surface area contributed by atoms with Gasteiger partial charge in [-0.1, -0.05) is 42.8 Å². The first-order valence-electron chi connectivity index (χ1n) is 11.1. The van der Waals surface area contributed by atoms with Gasteiger partial charge in [-0.2, -0.15) is 0 Å². The number of amides is 1. The highest BCUT2D eigenvalue weighted by atomic mass is 32.2. The minimum absolute atomic E-state index is 0.0885. The van der Waals surface area contributed by atoms with Crippen molar-refractivity contribution in [2.75, 3.05) is 18.9 Å². The smallest absolute Gasteiger partial charge is 0.262 e. The predicted molar refractivity (Wildman–Crippen MR) is 124 cm³/mol. The van der Waals surface area contributed by atoms with Crippen molar-refractivity contribution >= 4 is 28.6 Å². The molecule has 1 amide bonds. The summed E-state index contributed by atoms with van der Waals surface area (Å²) in [5, 5.41) is 1.13. The molecule has 8 heteroatoms. The van der Waals surface area contributed by atoms with Crippen molar-refractivity contribution in [1.82, 2.24) is 19.4 Å². The zero-order valence-corrected chi connectivity index (χ0v) is 18.7. The maximum atomic E-state index is 13.3. The minimum Gasteiger partial charge on any atom is -0.374 e. The molecule has 0 spiro atoms. The van der Waals surface area contributed by atoms with Crippen LogP contribution in [-0.4, -0.2) is 56.4 Å². The summed E-state index contributed by atoms with van der Waals surface area (Å²) in [6.07, 6.45) is 7.95. The molecular weight excluding hydrogens is 424 g/mol. The first-order chi connectivity index (χ1) is 15.7. The molecule has 2 fully saturated rings. The first kappa shape index (κ1) is 21.2. The van der Waals surface area contributed by atoms with Crippen molar-refractivity contribution in [3.8, 4) is 0 Å². The molecule has 32 heavy (non-hydrogen) atoms. The van der Waals surface area contributed by atoms with E-state index in [0.29, 0.717) is 35.8 Å². The van der Waals surface area contributed by atoms with E-state index in [1.165, 1.54) is 18.2 Å². The number of carbonyl (C=O) groups is 1. The average Bonchev–Trinajstić information content (AvgIpc) is 2.85. The van der Waals surface area contributed by atoms with Crippen molar-refractivity contribution in [3.05, 3.63) is 64.7 Å². The van der Waals surface area contributed by atoms with Crippen LogP contribution in [-0.2, 0) is 16.1 Å². The van der Waals surface area contributed by atoms with E-state index in [-0.39, 0.29) is 29.4 Å². The van der Waals surface area contributed by atoms with Crippen LogP contribution in [0.25, 0.3) is 10.9 Å². The normalized spacial score (nSPS) is 20.8. The summed E-state index contributed by atoms with van der Waals surface area (Å²) in [6, 6.07) is 11.3. The Bertz CT molecular complexity index is 1160. The van der Waals surface area contributed by atoms with Gasteiger partial charge in [0.05, 0.1) is 42.0 Å². The Morgan fingerprint density at radius 1 is 1.16 bits per heavy atom. The second-order valence-corrected chi connectivity index (χ2v) is 9.24. The number of hydrogen-bond acceptors (Lipinski definition) is 6. The first-order valence-corrected chi connectivity index (χ1v) is 12.1. The third kappa shape index (κ3) is 4.29. The number of para-hydroxylation sites is 1. The molecule has 5 rings (SSSR count). The maximum absolute atomic E-state index is 13.3. The van der Waals surface area contributed by atoms with Gasteiger partial charge in [-0.05, 0) is 36.6 Å². The van der Waals surface area contributed by atoms with Crippen LogP contribution in [0.2, 0.25) is 0 Å². The van der Waals surface area contributed by atoms with E-state index in [2.05, 4.69) is 4.98 Å². The molecule has 1 aliphatic carbocycles. The predicted octanol–water partition coefficient (Wildman–Crippen LogP) is 3.10. The Morgan fingerprint density at radius 2 is 2.03 bits per heavy atom. The summed E-state index contributed by atoms with van der Waals surface area (Å²) in [5.41, 5.74) is 1.46. The molecule has 2 aliphatic rings.